The van der Waals surface area contributed by atoms with Gasteiger partial charge in [-0.3, -0.25) is 14.5 Å². The van der Waals surface area contributed by atoms with E-state index in [1.54, 1.807) is 17.0 Å². The van der Waals surface area contributed by atoms with Crippen LogP contribution in [0.25, 0.3) is 0 Å². The summed E-state index contributed by atoms with van der Waals surface area (Å²) in [6.07, 6.45) is 1.48. The van der Waals surface area contributed by atoms with Crippen molar-refractivity contribution in [1.82, 2.24) is 20.0 Å². The summed E-state index contributed by atoms with van der Waals surface area (Å²) in [6.45, 7) is 3.74. The number of piperazine rings is 1. The van der Waals surface area contributed by atoms with Crippen molar-refractivity contribution >= 4 is 11.8 Å². The number of hydrogen-bond acceptors (Lipinski definition) is 5. The number of amides is 2. The zero-order chi connectivity index (χ0) is 19.9. The minimum Gasteiger partial charge on any atom is -0.459 e. The highest BCUT2D eigenvalue weighted by Crippen LogP contribution is 2.17. The first kappa shape index (κ1) is 20.1. The third kappa shape index (κ3) is 5.21. The Morgan fingerprint density at radius 1 is 1.14 bits per heavy atom. The van der Waals surface area contributed by atoms with Gasteiger partial charge in [-0.1, -0.05) is 30.3 Å². The number of furan rings is 1. The molecule has 1 aliphatic heterocycles. The number of nitrogens with zero attached hydrogens (tertiary/aromatic N) is 3. The third-order valence-electron chi connectivity index (χ3n) is 4.87. The molecule has 1 unspecified atom stereocenters. The average molecular weight is 384 g/mol. The van der Waals surface area contributed by atoms with Crippen molar-refractivity contribution in [3.8, 4) is 0 Å². The van der Waals surface area contributed by atoms with Crippen LogP contribution in [-0.2, 0) is 11.3 Å². The molecule has 28 heavy (non-hydrogen) atoms. The molecule has 0 radical (unpaired) electrons. The molecule has 2 amide bonds. The van der Waals surface area contributed by atoms with Crippen LogP contribution in [0, 0.1) is 0 Å². The smallest absolute Gasteiger partial charge is 0.290 e. The topological polar surface area (TPSA) is 69.0 Å². The van der Waals surface area contributed by atoms with E-state index in [1.165, 1.54) is 11.8 Å². The van der Waals surface area contributed by atoms with E-state index in [0.29, 0.717) is 26.2 Å². The first-order valence-electron chi connectivity index (χ1n) is 9.58. The predicted molar refractivity (Wildman–Crippen MR) is 107 cm³/mol. The lowest BCUT2D eigenvalue weighted by Crippen LogP contribution is -2.60. The first-order chi connectivity index (χ1) is 13.5. The molecule has 0 spiro atoms. The van der Waals surface area contributed by atoms with Crippen molar-refractivity contribution < 1.29 is 14.0 Å². The minimum atomic E-state index is -0.544. The van der Waals surface area contributed by atoms with Crippen molar-refractivity contribution in [2.45, 2.75) is 12.6 Å². The molecule has 0 bridgehead atoms. The van der Waals surface area contributed by atoms with E-state index in [-0.39, 0.29) is 17.6 Å². The number of nitrogens with one attached hydrogen (secondary N) is 1. The zero-order valence-corrected chi connectivity index (χ0v) is 16.5. The fourth-order valence-corrected chi connectivity index (χ4v) is 3.35. The highest BCUT2D eigenvalue weighted by atomic mass is 16.3. The normalized spacial score (nSPS) is 17.7. The van der Waals surface area contributed by atoms with E-state index in [2.05, 4.69) is 22.3 Å². The Labute approximate surface area is 165 Å². The summed E-state index contributed by atoms with van der Waals surface area (Å²) < 4.78 is 5.27. The van der Waals surface area contributed by atoms with Gasteiger partial charge < -0.3 is 19.5 Å². The summed E-state index contributed by atoms with van der Waals surface area (Å²) in [5.41, 5.74) is 1.19. The van der Waals surface area contributed by atoms with Crippen LogP contribution in [0.1, 0.15) is 16.1 Å². The van der Waals surface area contributed by atoms with Crippen molar-refractivity contribution in [3.05, 3.63) is 60.1 Å². The maximum absolute atomic E-state index is 12.9. The summed E-state index contributed by atoms with van der Waals surface area (Å²) in [5, 5.41) is 2.97. The number of likely N-dealkylation sites (N-methyl/N-ethyl adjacent to an activating group) is 1. The van der Waals surface area contributed by atoms with Gasteiger partial charge in [-0.2, -0.15) is 0 Å². The van der Waals surface area contributed by atoms with Crippen LogP contribution in [0.15, 0.2) is 53.1 Å². The van der Waals surface area contributed by atoms with Gasteiger partial charge in [0.05, 0.1) is 6.26 Å². The molecule has 1 N–H and O–H groups in total. The molecule has 7 nitrogen and oxygen atoms in total. The van der Waals surface area contributed by atoms with Gasteiger partial charge in [0.25, 0.3) is 5.91 Å². The average Bonchev–Trinajstić information content (AvgIpc) is 3.22. The Hall–Kier alpha value is -2.64. The van der Waals surface area contributed by atoms with Gasteiger partial charge in [0.2, 0.25) is 5.91 Å². The van der Waals surface area contributed by atoms with Crippen molar-refractivity contribution in [2.24, 2.45) is 0 Å². The van der Waals surface area contributed by atoms with Crippen LogP contribution in [0.3, 0.4) is 0 Å². The molecule has 1 aromatic heterocycles. The monoisotopic (exact) mass is 384 g/mol. The second kappa shape index (κ2) is 9.52. The van der Waals surface area contributed by atoms with Gasteiger partial charge >= 0.3 is 0 Å². The highest BCUT2D eigenvalue weighted by molar-refractivity contribution is 5.95. The van der Waals surface area contributed by atoms with Crippen LogP contribution in [0.5, 0.6) is 0 Å². The summed E-state index contributed by atoms with van der Waals surface area (Å²) in [6, 6.07) is 12.9. The van der Waals surface area contributed by atoms with Gasteiger partial charge in [0.15, 0.2) is 5.76 Å². The zero-order valence-electron chi connectivity index (χ0n) is 16.5. The van der Waals surface area contributed by atoms with Gasteiger partial charge in [0, 0.05) is 39.3 Å². The maximum Gasteiger partial charge on any atom is 0.290 e. The summed E-state index contributed by atoms with van der Waals surface area (Å²) >= 11 is 0. The number of carbonyl (C=O) groups is 2. The summed E-state index contributed by atoms with van der Waals surface area (Å²) in [5.74, 6) is -0.0979. The van der Waals surface area contributed by atoms with Crippen LogP contribution < -0.4 is 5.32 Å². The lowest BCUT2D eigenvalue weighted by molar-refractivity contribution is -0.127. The Kier molecular flexibility index (Phi) is 6.84. The van der Waals surface area contributed by atoms with Crippen molar-refractivity contribution in [2.75, 3.05) is 46.8 Å². The van der Waals surface area contributed by atoms with E-state index in [4.69, 9.17) is 4.42 Å². The van der Waals surface area contributed by atoms with Gasteiger partial charge in [-0.25, -0.2) is 0 Å². The summed E-state index contributed by atoms with van der Waals surface area (Å²) in [4.78, 5) is 31.6. The lowest BCUT2D eigenvalue weighted by atomic mass is 10.1. The standard InChI is InChI=1S/C21H28N4O3/c1-23(2)11-10-22-20(26)18-16-24(15-17-7-4-3-5-8-17)12-13-25(18)21(27)19-9-6-14-28-19/h3-9,14,18H,10-13,15-16H2,1-2H3,(H,22,26). The SMILES string of the molecule is CN(C)CCNC(=O)C1CN(Cc2ccccc2)CCN1C(=O)c1ccco1. The Bertz CT molecular complexity index is 761. The fraction of sp³-hybridized carbons (Fsp3) is 0.429. The van der Waals surface area contributed by atoms with Crippen LogP contribution in [0.4, 0.5) is 0 Å². The van der Waals surface area contributed by atoms with E-state index in [1.807, 2.05) is 37.2 Å². The Morgan fingerprint density at radius 3 is 2.61 bits per heavy atom. The molecule has 1 aliphatic rings. The van der Waals surface area contributed by atoms with E-state index in [9.17, 15) is 9.59 Å². The van der Waals surface area contributed by atoms with Crippen LogP contribution in [-0.4, -0.2) is 79.4 Å². The Morgan fingerprint density at radius 2 is 1.93 bits per heavy atom. The molecule has 0 aliphatic carbocycles. The maximum atomic E-state index is 12.9. The number of hydrogen-bond donors (Lipinski definition) is 1. The highest BCUT2D eigenvalue weighted by Gasteiger charge is 2.36. The fourth-order valence-electron chi connectivity index (χ4n) is 3.35. The van der Waals surface area contributed by atoms with E-state index >= 15 is 0 Å². The molecule has 3 rings (SSSR count). The van der Waals surface area contributed by atoms with E-state index in [0.717, 1.165) is 13.1 Å². The van der Waals surface area contributed by atoms with Crippen molar-refractivity contribution in [1.29, 1.82) is 0 Å². The molecule has 7 heteroatoms. The molecule has 2 heterocycles. The molecule has 1 fully saturated rings. The van der Waals surface area contributed by atoms with Crippen LogP contribution >= 0.6 is 0 Å². The number of rotatable bonds is 7. The molecule has 1 atom stereocenters. The lowest BCUT2D eigenvalue weighted by Gasteiger charge is -2.40. The van der Waals surface area contributed by atoms with Crippen LogP contribution in [0.2, 0.25) is 0 Å². The molecule has 1 aromatic carbocycles. The second-order valence-electron chi connectivity index (χ2n) is 7.31. The van der Waals surface area contributed by atoms with Gasteiger partial charge in [-0.05, 0) is 31.8 Å². The molecular formula is C21H28N4O3. The number of benzene rings is 1. The second-order valence-corrected chi connectivity index (χ2v) is 7.31. The largest absolute Gasteiger partial charge is 0.459 e. The third-order valence-corrected chi connectivity index (χ3v) is 4.87. The van der Waals surface area contributed by atoms with Gasteiger partial charge in [0.1, 0.15) is 6.04 Å². The quantitative estimate of drug-likeness (QED) is 0.779. The molecule has 0 saturated carbocycles. The molecular weight excluding hydrogens is 356 g/mol. The van der Waals surface area contributed by atoms with E-state index < -0.39 is 6.04 Å². The minimum absolute atomic E-state index is 0.125. The predicted octanol–water partition coefficient (Wildman–Crippen LogP) is 1.28. The Balaban J connectivity index is 1.70. The molecule has 2 aromatic rings. The van der Waals surface area contributed by atoms with Crippen molar-refractivity contribution in [3.63, 3.8) is 0 Å². The molecule has 1 saturated heterocycles. The number of carbonyl (C=O) groups excluding carboxylic acids is 2. The van der Waals surface area contributed by atoms with Gasteiger partial charge in [-0.15, -0.1) is 0 Å². The summed E-state index contributed by atoms with van der Waals surface area (Å²) in [7, 11) is 3.92. The molecule has 150 valence electrons. The first-order valence-corrected chi connectivity index (χ1v) is 9.58.